The molecule has 3 heteroatoms. The molecule has 3 atom stereocenters. The van der Waals surface area contributed by atoms with Crippen molar-refractivity contribution in [2.45, 2.75) is 36.3 Å². The molecule has 2 fully saturated rings. The van der Waals surface area contributed by atoms with Crippen LogP contribution in [0.1, 0.15) is 24.8 Å². The van der Waals surface area contributed by atoms with Crippen molar-refractivity contribution in [3.8, 4) is 5.75 Å². The van der Waals surface area contributed by atoms with Crippen molar-refractivity contribution in [2.75, 3.05) is 27.2 Å². The zero-order valence-electron chi connectivity index (χ0n) is 12.0. The Morgan fingerprint density at radius 2 is 2.00 bits per heavy atom. The Hall–Kier alpha value is -0.670. The molecule has 0 spiro atoms. The summed E-state index contributed by atoms with van der Waals surface area (Å²) >= 11 is 2.17. The van der Waals surface area contributed by atoms with Crippen molar-refractivity contribution < 1.29 is 9.22 Å². The number of hydrogen-bond donors (Lipinski definition) is 0. The van der Waals surface area contributed by atoms with E-state index in [0.717, 1.165) is 22.8 Å². The SMILES string of the molecule is COc1ccc(CSC2CC[N+]3(C)CCCC23)cc1. The maximum Gasteiger partial charge on any atom is 0.118 e. The van der Waals surface area contributed by atoms with Gasteiger partial charge in [0.2, 0.25) is 0 Å². The first kappa shape index (κ1) is 13.3. The van der Waals surface area contributed by atoms with Crippen molar-refractivity contribution in [3.63, 3.8) is 0 Å². The molecule has 1 aromatic rings. The first-order valence-corrected chi connectivity index (χ1v) is 8.35. The highest BCUT2D eigenvalue weighted by Gasteiger charge is 2.48. The molecule has 0 N–H and O–H groups in total. The number of methoxy groups -OCH3 is 1. The van der Waals surface area contributed by atoms with Gasteiger partial charge in [-0.1, -0.05) is 12.1 Å². The van der Waals surface area contributed by atoms with E-state index >= 15 is 0 Å². The van der Waals surface area contributed by atoms with Crippen molar-refractivity contribution in [2.24, 2.45) is 0 Å². The minimum atomic E-state index is 0.870. The van der Waals surface area contributed by atoms with Crippen LogP contribution in [-0.4, -0.2) is 43.0 Å². The molecule has 0 radical (unpaired) electrons. The summed E-state index contributed by atoms with van der Waals surface area (Å²) in [5, 5.41) is 0.870. The van der Waals surface area contributed by atoms with Crippen molar-refractivity contribution in [1.82, 2.24) is 0 Å². The van der Waals surface area contributed by atoms with Crippen molar-refractivity contribution in [1.29, 1.82) is 0 Å². The van der Waals surface area contributed by atoms with E-state index in [0.29, 0.717) is 0 Å². The van der Waals surface area contributed by atoms with E-state index in [4.69, 9.17) is 4.74 Å². The van der Waals surface area contributed by atoms with Crippen LogP contribution in [0.15, 0.2) is 24.3 Å². The summed E-state index contributed by atoms with van der Waals surface area (Å²) in [4.78, 5) is 0. The number of rotatable bonds is 4. The van der Waals surface area contributed by atoms with E-state index in [2.05, 4.69) is 43.1 Å². The molecule has 0 bridgehead atoms. The standard InChI is InChI=1S/C16H24NOS/c1-17-10-3-4-15(17)16(9-11-17)19-12-13-5-7-14(18-2)8-6-13/h5-8,15-16H,3-4,9-12H2,1-2H3/q+1. The van der Waals surface area contributed by atoms with E-state index in [-0.39, 0.29) is 0 Å². The van der Waals surface area contributed by atoms with Gasteiger partial charge in [0, 0.05) is 25.0 Å². The van der Waals surface area contributed by atoms with E-state index in [1.807, 2.05) is 0 Å². The largest absolute Gasteiger partial charge is 0.497 e. The summed E-state index contributed by atoms with van der Waals surface area (Å²) in [5.41, 5.74) is 1.42. The molecule has 2 aliphatic heterocycles. The van der Waals surface area contributed by atoms with E-state index in [9.17, 15) is 0 Å². The Morgan fingerprint density at radius 3 is 2.74 bits per heavy atom. The number of ether oxygens (including phenoxy) is 1. The zero-order chi connectivity index (χ0) is 13.3. The topological polar surface area (TPSA) is 9.23 Å². The molecule has 1 aromatic carbocycles. The minimum absolute atomic E-state index is 0.870. The number of thioether (sulfide) groups is 1. The fourth-order valence-corrected chi connectivity index (χ4v) is 5.26. The Morgan fingerprint density at radius 1 is 1.21 bits per heavy atom. The number of nitrogens with zero attached hydrogens (tertiary/aromatic N) is 1. The molecule has 0 amide bonds. The molecular formula is C16H24NOS+. The van der Waals surface area contributed by atoms with Crippen molar-refractivity contribution in [3.05, 3.63) is 29.8 Å². The highest BCUT2D eigenvalue weighted by molar-refractivity contribution is 7.99. The van der Waals surface area contributed by atoms with E-state index in [1.54, 1.807) is 7.11 Å². The van der Waals surface area contributed by atoms with Gasteiger partial charge in [-0.2, -0.15) is 0 Å². The molecule has 3 rings (SSSR count). The van der Waals surface area contributed by atoms with Crippen LogP contribution in [0.25, 0.3) is 0 Å². The second-order valence-electron chi connectivity index (χ2n) is 6.12. The van der Waals surface area contributed by atoms with Crippen LogP contribution in [0.3, 0.4) is 0 Å². The van der Waals surface area contributed by atoms with Crippen LogP contribution >= 0.6 is 11.8 Å². The van der Waals surface area contributed by atoms with Gasteiger partial charge < -0.3 is 9.22 Å². The molecule has 2 saturated heterocycles. The number of fused-ring (bicyclic) bond motifs is 1. The average Bonchev–Trinajstić information content (AvgIpc) is 2.94. The third kappa shape index (κ3) is 2.63. The Labute approximate surface area is 120 Å². The molecule has 2 nitrogen and oxygen atoms in total. The third-order valence-corrected chi connectivity index (χ3v) is 6.42. The molecule has 0 aromatic heterocycles. The van der Waals surface area contributed by atoms with Gasteiger partial charge in [-0.3, -0.25) is 0 Å². The van der Waals surface area contributed by atoms with Crippen LogP contribution in [0.4, 0.5) is 0 Å². The van der Waals surface area contributed by atoms with Gasteiger partial charge in [-0.05, 0) is 17.7 Å². The van der Waals surface area contributed by atoms with Gasteiger partial charge >= 0.3 is 0 Å². The summed E-state index contributed by atoms with van der Waals surface area (Å²) in [6.07, 6.45) is 4.28. The Balaban J connectivity index is 1.57. The van der Waals surface area contributed by atoms with Crippen LogP contribution in [0, 0.1) is 0 Å². The first-order chi connectivity index (χ1) is 9.21. The lowest BCUT2D eigenvalue weighted by molar-refractivity contribution is -0.908. The number of benzene rings is 1. The Kier molecular flexibility index (Phi) is 3.77. The molecule has 3 unspecified atom stereocenters. The molecule has 0 saturated carbocycles. The summed E-state index contributed by atoms with van der Waals surface area (Å²) < 4.78 is 6.56. The summed E-state index contributed by atoms with van der Waals surface area (Å²) in [6.45, 7) is 2.80. The smallest absolute Gasteiger partial charge is 0.118 e. The Bertz CT molecular complexity index is 433. The van der Waals surface area contributed by atoms with Gasteiger partial charge in [-0.25, -0.2) is 0 Å². The summed E-state index contributed by atoms with van der Waals surface area (Å²) in [6, 6.07) is 9.45. The van der Waals surface area contributed by atoms with Crippen LogP contribution in [0.5, 0.6) is 5.75 Å². The fraction of sp³-hybridized carbons (Fsp3) is 0.625. The van der Waals surface area contributed by atoms with Gasteiger partial charge in [0.15, 0.2) is 0 Å². The molecule has 19 heavy (non-hydrogen) atoms. The van der Waals surface area contributed by atoms with Crippen LogP contribution in [-0.2, 0) is 5.75 Å². The van der Waals surface area contributed by atoms with Crippen LogP contribution in [0.2, 0.25) is 0 Å². The number of quaternary nitrogens is 1. The third-order valence-electron chi connectivity index (χ3n) is 4.95. The van der Waals surface area contributed by atoms with E-state index < -0.39 is 0 Å². The predicted octanol–water partition coefficient (Wildman–Crippen LogP) is 3.31. The second kappa shape index (κ2) is 5.37. The predicted molar refractivity (Wildman–Crippen MR) is 81.6 cm³/mol. The fourth-order valence-electron chi connectivity index (χ4n) is 3.74. The summed E-state index contributed by atoms with van der Waals surface area (Å²) in [5.74, 6) is 2.10. The van der Waals surface area contributed by atoms with Gasteiger partial charge in [0.1, 0.15) is 11.8 Å². The number of hydrogen-bond acceptors (Lipinski definition) is 2. The molecule has 0 aliphatic carbocycles. The lowest BCUT2D eigenvalue weighted by atomic mass is 10.1. The minimum Gasteiger partial charge on any atom is -0.497 e. The lowest BCUT2D eigenvalue weighted by Crippen LogP contribution is -2.45. The maximum atomic E-state index is 5.21. The monoisotopic (exact) mass is 278 g/mol. The van der Waals surface area contributed by atoms with Crippen molar-refractivity contribution >= 4 is 11.8 Å². The maximum absolute atomic E-state index is 5.21. The summed E-state index contributed by atoms with van der Waals surface area (Å²) in [7, 11) is 4.19. The van der Waals surface area contributed by atoms with E-state index in [1.165, 1.54) is 42.4 Å². The van der Waals surface area contributed by atoms with Gasteiger partial charge in [-0.15, -0.1) is 11.8 Å². The quantitative estimate of drug-likeness (QED) is 0.782. The van der Waals surface area contributed by atoms with Gasteiger partial charge in [0.05, 0.1) is 32.5 Å². The second-order valence-corrected chi connectivity index (χ2v) is 7.35. The van der Waals surface area contributed by atoms with Crippen LogP contribution < -0.4 is 4.74 Å². The first-order valence-electron chi connectivity index (χ1n) is 7.30. The molecule has 2 heterocycles. The van der Waals surface area contributed by atoms with Gasteiger partial charge in [0.25, 0.3) is 0 Å². The molecule has 2 aliphatic rings. The lowest BCUT2D eigenvalue weighted by Gasteiger charge is -2.31. The molecular weight excluding hydrogens is 254 g/mol. The highest BCUT2D eigenvalue weighted by Crippen LogP contribution is 2.41. The normalized spacial score (nSPS) is 33.4. The average molecular weight is 278 g/mol. The molecule has 104 valence electrons. The highest BCUT2D eigenvalue weighted by atomic mass is 32.2. The zero-order valence-corrected chi connectivity index (χ0v) is 12.8.